The Kier molecular flexibility index (Phi) is 6.62. The summed E-state index contributed by atoms with van der Waals surface area (Å²) in [6.45, 7) is 10.6. The van der Waals surface area contributed by atoms with Crippen molar-refractivity contribution in [2.45, 2.75) is 64.5 Å². The highest BCUT2D eigenvalue weighted by Crippen LogP contribution is 2.16. The van der Waals surface area contributed by atoms with Gasteiger partial charge in [-0.1, -0.05) is 13.8 Å². The number of likely N-dealkylation sites (tertiary alicyclic amines) is 1. The second kappa shape index (κ2) is 8.23. The third-order valence-electron chi connectivity index (χ3n) is 4.38. The first-order chi connectivity index (χ1) is 9.24. The maximum absolute atomic E-state index is 5.78. The smallest absolute Gasteiger partial charge is 0.0587 e. The van der Waals surface area contributed by atoms with Crippen LogP contribution < -0.4 is 5.32 Å². The molecule has 0 saturated carbocycles. The fourth-order valence-corrected chi connectivity index (χ4v) is 3.32. The minimum absolute atomic E-state index is 0.530. The molecule has 2 fully saturated rings. The molecule has 2 aliphatic heterocycles. The Balaban J connectivity index is 1.53. The second-order valence-electron chi connectivity index (χ2n) is 6.70. The van der Waals surface area contributed by atoms with Crippen LogP contribution in [0.15, 0.2) is 0 Å². The van der Waals surface area contributed by atoms with Crippen LogP contribution in [0.5, 0.6) is 0 Å². The van der Waals surface area contributed by atoms with Crippen LogP contribution in [0.4, 0.5) is 0 Å². The molecule has 1 N–H and O–H groups in total. The molecule has 1 unspecified atom stereocenters. The highest BCUT2D eigenvalue weighted by Gasteiger charge is 2.20. The number of piperidine rings is 1. The number of nitrogens with zero attached hydrogens (tertiary/aromatic N) is 1. The molecule has 0 amide bonds. The van der Waals surface area contributed by atoms with Gasteiger partial charge in [-0.2, -0.15) is 0 Å². The Labute approximate surface area is 119 Å². The van der Waals surface area contributed by atoms with E-state index in [-0.39, 0.29) is 0 Å². The van der Waals surface area contributed by atoms with Crippen LogP contribution >= 0.6 is 0 Å². The molecule has 2 heterocycles. The number of nitrogens with one attached hydrogen (secondary N) is 1. The summed E-state index contributed by atoms with van der Waals surface area (Å²) in [5.74, 6) is 0.799. The predicted octanol–water partition coefficient (Wildman–Crippen LogP) is 2.66. The van der Waals surface area contributed by atoms with Gasteiger partial charge in [0.1, 0.15) is 0 Å². The first kappa shape index (κ1) is 15.3. The van der Waals surface area contributed by atoms with E-state index in [9.17, 15) is 0 Å². The number of rotatable bonds is 6. The molecule has 2 aliphatic rings. The lowest BCUT2D eigenvalue weighted by molar-refractivity contribution is 0.0108. The van der Waals surface area contributed by atoms with Gasteiger partial charge >= 0.3 is 0 Å². The monoisotopic (exact) mass is 268 g/mol. The average Bonchev–Trinajstić information content (AvgIpc) is 2.41. The van der Waals surface area contributed by atoms with Crippen molar-refractivity contribution in [2.75, 3.05) is 32.8 Å². The molecule has 2 saturated heterocycles. The zero-order chi connectivity index (χ0) is 13.5. The zero-order valence-corrected chi connectivity index (χ0v) is 12.9. The minimum atomic E-state index is 0.530. The lowest BCUT2D eigenvalue weighted by Gasteiger charge is -2.33. The average molecular weight is 268 g/mol. The Morgan fingerprint density at radius 3 is 2.58 bits per heavy atom. The van der Waals surface area contributed by atoms with Crippen LogP contribution in [-0.2, 0) is 4.74 Å². The van der Waals surface area contributed by atoms with Gasteiger partial charge in [0.15, 0.2) is 0 Å². The predicted molar refractivity (Wildman–Crippen MR) is 80.5 cm³/mol. The van der Waals surface area contributed by atoms with Gasteiger partial charge in [-0.25, -0.2) is 0 Å². The lowest BCUT2D eigenvalue weighted by atomic mass is 10.0. The topological polar surface area (TPSA) is 24.5 Å². The molecule has 3 nitrogen and oxygen atoms in total. The summed E-state index contributed by atoms with van der Waals surface area (Å²) in [6, 6.07) is 0.743. The van der Waals surface area contributed by atoms with Crippen LogP contribution in [0.3, 0.4) is 0 Å². The molecule has 19 heavy (non-hydrogen) atoms. The maximum atomic E-state index is 5.78. The fraction of sp³-hybridized carbons (Fsp3) is 1.00. The van der Waals surface area contributed by atoms with Crippen LogP contribution in [0.25, 0.3) is 0 Å². The van der Waals surface area contributed by atoms with Gasteiger partial charge < -0.3 is 15.0 Å². The first-order valence-corrected chi connectivity index (χ1v) is 8.31. The van der Waals surface area contributed by atoms with Crippen LogP contribution in [0.2, 0.25) is 0 Å². The van der Waals surface area contributed by atoms with E-state index < -0.39 is 0 Å². The molecule has 0 aromatic heterocycles. The van der Waals surface area contributed by atoms with Crippen molar-refractivity contribution in [3.63, 3.8) is 0 Å². The van der Waals surface area contributed by atoms with Gasteiger partial charge in [0.05, 0.1) is 6.10 Å². The number of hydrogen-bond donors (Lipinski definition) is 1. The zero-order valence-electron chi connectivity index (χ0n) is 12.9. The molecule has 1 atom stereocenters. The lowest BCUT2D eigenvalue weighted by Crippen LogP contribution is -2.44. The molecular weight excluding hydrogens is 236 g/mol. The molecule has 0 aromatic rings. The molecule has 0 bridgehead atoms. The molecule has 0 aromatic carbocycles. The summed E-state index contributed by atoms with van der Waals surface area (Å²) in [5, 5.41) is 3.74. The molecule has 112 valence electrons. The Morgan fingerprint density at radius 1 is 1.16 bits per heavy atom. The van der Waals surface area contributed by atoms with Crippen molar-refractivity contribution >= 4 is 0 Å². The Bertz CT molecular complexity index is 231. The molecule has 0 spiro atoms. The van der Waals surface area contributed by atoms with Gasteiger partial charge in [0, 0.05) is 19.2 Å². The van der Waals surface area contributed by atoms with Gasteiger partial charge in [-0.05, 0) is 64.1 Å². The van der Waals surface area contributed by atoms with Gasteiger partial charge in [-0.3, -0.25) is 0 Å². The SMILES string of the molecule is CC(C)CN1CCC(NCCC2CCCCO2)CC1. The highest BCUT2D eigenvalue weighted by molar-refractivity contribution is 4.78. The van der Waals surface area contributed by atoms with Crippen molar-refractivity contribution in [2.24, 2.45) is 5.92 Å². The number of hydrogen-bond acceptors (Lipinski definition) is 3. The van der Waals surface area contributed by atoms with E-state index in [0.29, 0.717) is 6.10 Å². The summed E-state index contributed by atoms with van der Waals surface area (Å²) in [7, 11) is 0. The van der Waals surface area contributed by atoms with Gasteiger partial charge in [0.25, 0.3) is 0 Å². The van der Waals surface area contributed by atoms with Crippen LogP contribution in [0, 0.1) is 5.92 Å². The molecule has 3 heteroatoms. The third-order valence-corrected chi connectivity index (χ3v) is 4.38. The highest BCUT2D eigenvalue weighted by atomic mass is 16.5. The molecular formula is C16H32N2O. The van der Waals surface area contributed by atoms with Gasteiger partial charge in [0.2, 0.25) is 0 Å². The van der Waals surface area contributed by atoms with E-state index in [1.54, 1.807) is 0 Å². The largest absolute Gasteiger partial charge is 0.378 e. The summed E-state index contributed by atoms with van der Waals surface area (Å²) in [5.41, 5.74) is 0. The third kappa shape index (κ3) is 5.80. The fourth-order valence-electron chi connectivity index (χ4n) is 3.32. The summed E-state index contributed by atoms with van der Waals surface area (Å²) in [6.07, 6.45) is 8.26. The Morgan fingerprint density at radius 2 is 1.95 bits per heavy atom. The molecule has 2 rings (SSSR count). The quantitative estimate of drug-likeness (QED) is 0.801. The van der Waals surface area contributed by atoms with E-state index in [0.717, 1.165) is 25.1 Å². The molecule has 0 radical (unpaired) electrons. The summed E-state index contributed by atoms with van der Waals surface area (Å²) >= 11 is 0. The van der Waals surface area contributed by atoms with E-state index in [2.05, 4.69) is 24.1 Å². The van der Waals surface area contributed by atoms with E-state index >= 15 is 0 Å². The van der Waals surface area contributed by atoms with Crippen molar-refractivity contribution in [1.82, 2.24) is 10.2 Å². The maximum Gasteiger partial charge on any atom is 0.0587 e. The van der Waals surface area contributed by atoms with E-state index in [4.69, 9.17) is 4.74 Å². The minimum Gasteiger partial charge on any atom is -0.378 e. The van der Waals surface area contributed by atoms with Crippen LogP contribution in [-0.4, -0.2) is 49.8 Å². The van der Waals surface area contributed by atoms with Crippen molar-refractivity contribution in [1.29, 1.82) is 0 Å². The van der Waals surface area contributed by atoms with E-state index in [1.165, 1.54) is 58.2 Å². The summed E-state index contributed by atoms with van der Waals surface area (Å²) in [4.78, 5) is 2.62. The number of ether oxygens (including phenoxy) is 1. The summed E-state index contributed by atoms with van der Waals surface area (Å²) < 4.78 is 5.78. The van der Waals surface area contributed by atoms with Gasteiger partial charge in [-0.15, -0.1) is 0 Å². The first-order valence-electron chi connectivity index (χ1n) is 8.31. The molecule has 0 aliphatic carbocycles. The Hall–Kier alpha value is -0.120. The standard InChI is InChI=1S/C16H32N2O/c1-14(2)13-18-10-7-15(8-11-18)17-9-6-16-5-3-4-12-19-16/h14-17H,3-13H2,1-2H3. The van der Waals surface area contributed by atoms with Crippen molar-refractivity contribution < 1.29 is 4.74 Å². The normalized spacial score (nSPS) is 27.0. The van der Waals surface area contributed by atoms with Crippen LogP contribution in [0.1, 0.15) is 52.4 Å². The van der Waals surface area contributed by atoms with Crippen molar-refractivity contribution in [3.05, 3.63) is 0 Å². The second-order valence-corrected chi connectivity index (χ2v) is 6.70. The van der Waals surface area contributed by atoms with Crippen molar-refractivity contribution in [3.8, 4) is 0 Å². The van der Waals surface area contributed by atoms with E-state index in [1.807, 2.05) is 0 Å².